The number of para-hydroxylation sites is 1. The van der Waals surface area contributed by atoms with Crippen molar-refractivity contribution in [3.8, 4) is 5.75 Å². The van der Waals surface area contributed by atoms with Gasteiger partial charge in [0, 0.05) is 23.9 Å². The van der Waals surface area contributed by atoms with Gasteiger partial charge in [-0.1, -0.05) is 60.7 Å². The number of amides is 2. The second kappa shape index (κ2) is 16.6. The lowest BCUT2D eigenvalue weighted by molar-refractivity contribution is -0.138. The molecule has 8 N–H and O–H groups in total. The lowest BCUT2D eigenvalue weighted by atomic mass is 10.1. The number of carbonyl (C=O) groups excluding carboxylic acids is 2. The quantitative estimate of drug-likeness (QED) is 0.0882. The largest absolute Gasteiger partial charge is 0.507 e. The fourth-order valence-corrected chi connectivity index (χ4v) is 3.64. The molecule has 0 bridgehead atoms. The van der Waals surface area contributed by atoms with Crippen molar-refractivity contribution in [1.29, 1.82) is 5.41 Å². The smallest absolute Gasteiger partial charge is 0.415 e. The number of hydrogen-bond acceptors (Lipinski definition) is 6. The van der Waals surface area contributed by atoms with E-state index in [1.165, 1.54) is 12.2 Å². The SMILES string of the molecule is Cc1ccc(/C=C\C(N)=O)c(O)c1.N=C(N)NCCC[C@@H](C(=O)O)N(C(=O)OCc1ccccc1)c1ccccc1. The normalized spacial score (nSPS) is 11.0. The number of nitrogens with one attached hydrogen (secondary N) is 2. The molecule has 0 saturated carbocycles. The van der Waals surface area contributed by atoms with E-state index >= 15 is 0 Å². The molecule has 3 aromatic rings. The van der Waals surface area contributed by atoms with E-state index in [4.69, 9.17) is 21.6 Å². The maximum atomic E-state index is 12.8. The Balaban J connectivity index is 0.000000377. The Morgan fingerprint density at radius 3 is 2.22 bits per heavy atom. The molecular weight excluding hydrogens is 526 g/mol. The van der Waals surface area contributed by atoms with Gasteiger partial charge < -0.3 is 31.7 Å². The van der Waals surface area contributed by atoms with Crippen molar-refractivity contribution >= 4 is 35.7 Å². The van der Waals surface area contributed by atoms with Gasteiger partial charge in [-0.3, -0.25) is 15.1 Å². The first-order chi connectivity index (χ1) is 19.6. The third kappa shape index (κ3) is 11.5. The van der Waals surface area contributed by atoms with E-state index in [9.17, 15) is 24.6 Å². The topological polar surface area (TPSA) is 192 Å². The highest BCUT2D eigenvalue weighted by Crippen LogP contribution is 2.22. The molecule has 0 saturated heterocycles. The Morgan fingerprint density at radius 1 is 1.02 bits per heavy atom. The maximum Gasteiger partial charge on any atom is 0.415 e. The summed E-state index contributed by atoms with van der Waals surface area (Å²) in [6.45, 7) is 2.25. The summed E-state index contributed by atoms with van der Waals surface area (Å²) in [7, 11) is 0. The second-order valence-electron chi connectivity index (χ2n) is 8.88. The second-order valence-corrected chi connectivity index (χ2v) is 8.88. The van der Waals surface area contributed by atoms with E-state index in [0.717, 1.165) is 16.0 Å². The molecule has 3 rings (SSSR count). The number of guanidine groups is 1. The number of phenolic OH excluding ortho intramolecular Hbond substituents is 1. The highest BCUT2D eigenvalue weighted by atomic mass is 16.6. The van der Waals surface area contributed by atoms with Gasteiger partial charge in [0.15, 0.2) is 5.96 Å². The summed E-state index contributed by atoms with van der Waals surface area (Å²) in [6, 6.07) is 21.8. The van der Waals surface area contributed by atoms with E-state index < -0.39 is 24.0 Å². The fourth-order valence-electron chi connectivity index (χ4n) is 3.64. The molecule has 41 heavy (non-hydrogen) atoms. The van der Waals surface area contributed by atoms with Crippen molar-refractivity contribution in [2.75, 3.05) is 11.4 Å². The van der Waals surface area contributed by atoms with Crippen LogP contribution in [0.3, 0.4) is 0 Å². The van der Waals surface area contributed by atoms with Gasteiger partial charge in [0.05, 0.1) is 0 Å². The highest BCUT2D eigenvalue weighted by Gasteiger charge is 2.32. The molecular formula is C30H35N5O6. The summed E-state index contributed by atoms with van der Waals surface area (Å²) in [5, 5.41) is 28.9. The Labute approximate surface area is 238 Å². The van der Waals surface area contributed by atoms with Gasteiger partial charge in [-0.2, -0.15) is 0 Å². The summed E-state index contributed by atoms with van der Waals surface area (Å²) in [4.78, 5) is 36.2. The molecule has 3 aromatic carbocycles. The maximum absolute atomic E-state index is 12.8. The number of nitrogens with two attached hydrogens (primary N) is 2. The number of carbonyl (C=O) groups is 3. The number of carboxylic acids is 1. The number of hydrogen-bond donors (Lipinski definition) is 6. The minimum Gasteiger partial charge on any atom is -0.507 e. The van der Waals surface area contributed by atoms with Gasteiger partial charge in [0.2, 0.25) is 5.91 Å². The van der Waals surface area contributed by atoms with Gasteiger partial charge in [0.1, 0.15) is 18.4 Å². The molecule has 11 heteroatoms. The molecule has 0 fully saturated rings. The number of nitrogens with zero attached hydrogens (tertiary/aromatic N) is 1. The number of primary amides is 1. The molecule has 0 aliphatic heterocycles. The van der Waals surface area contributed by atoms with E-state index in [2.05, 4.69) is 5.32 Å². The highest BCUT2D eigenvalue weighted by molar-refractivity contribution is 5.95. The number of rotatable bonds is 11. The van der Waals surface area contributed by atoms with Crippen molar-refractivity contribution < 1.29 is 29.3 Å². The minimum absolute atomic E-state index is 0.0429. The van der Waals surface area contributed by atoms with E-state index in [0.29, 0.717) is 24.2 Å². The van der Waals surface area contributed by atoms with Gasteiger partial charge in [-0.15, -0.1) is 0 Å². The van der Waals surface area contributed by atoms with Crippen molar-refractivity contribution in [3.05, 3.63) is 102 Å². The van der Waals surface area contributed by atoms with Crippen molar-refractivity contribution in [2.45, 2.75) is 32.4 Å². The predicted molar refractivity (Wildman–Crippen MR) is 157 cm³/mol. The molecule has 0 unspecified atom stereocenters. The van der Waals surface area contributed by atoms with Crippen LogP contribution in [0.25, 0.3) is 6.08 Å². The number of aliphatic carboxylic acids is 1. The Bertz CT molecular complexity index is 1330. The zero-order chi connectivity index (χ0) is 30.2. The molecule has 0 aliphatic carbocycles. The first kappa shape index (κ1) is 31.9. The van der Waals surface area contributed by atoms with E-state index in [1.807, 2.05) is 43.3 Å². The first-order valence-corrected chi connectivity index (χ1v) is 12.7. The van der Waals surface area contributed by atoms with Crippen LogP contribution >= 0.6 is 0 Å². The van der Waals surface area contributed by atoms with Crippen LogP contribution in [0.2, 0.25) is 0 Å². The lowest BCUT2D eigenvalue weighted by Crippen LogP contribution is -2.46. The average Bonchev–Trinajstić information content (AvgIpc) is 2.94. The Kier molecular flexibility index (Phi) is 12.9. The summed E-state index contributed by atoms with van der Waals surface area (Å²) >= 11 is 0. The molecule has 1 atom stereocenters. The Morgan fingerprint density at radius 2 is 1.66 bits per heavy atom. The molecule has 2 amide bonds. The number of aryl methyl sites for hydroxylation is 1. The van der Waals surface area contributed by atoms with Crippen LogP contribution in [-0.2, 0) is 20.9 Å². The number of ether oxygens (including phenoxy) is 1. The van der Waals surface area contributed by atoms with E-state index in [-0.39, 0.29) is 24.7 Å². The van der Waals surface area contributed by atoms with Gasteiger partial charge in [-0.05, 0) is 55.2 Å². The number of aromatic hydroxyl groups is 1. The number of carboxylic acid groups (broad SMARTS) is 1. The third-order valence-electron chi connectivity index (χ3n) is 5.62. The summed E-state index contributed by atoms with van der Waals surface area (Å²) in [6.07, 6.45) is 2.54. The number of anilines is 1. The molecule has 11 nitrogen and oxygen atoms in total. The number of phenols is 1. The molecule has 216 valence electrons. The first-order valence-electron chi connectivity index (χ1n) is 12.7. The molecule has 0 aromatic heterocycles. The van der Waals surface area contributed by atoms with Crippen LogP contribution < -0.4 is 21.7 Å². The zero-order valence-corrected chi connectivity index (χ0v) is 22.7. The monoisotopic (exact) mass is 561 g/mol. The molecule has 0 radical (unpaired) electrons. The van der Waals surface area contributed by atoms with Crippen molar-refractivity contribution in [3.63, 3.8) is 0 Å². The van der Waals surface area contributed by atoms with Crippen molar-refractivity contribution in [2.24, 2.45) is 11.5 Å². The predicted octanol–water partition coefficient (Wildman–Crippen LogP) is 3.75. The standard InChI is InChI=1S/C20H24N4O4.C10H11NO2/c21-19(22)23-13-7-12-17(18(25)26)24(16-10-5-2-6-11-16)20(27)28-14-15-8-3-1-4-9-15;1-7-2-3-8(9(12)6-7)4-5-10(11)13/h1-6,8-11,17H,7,12-14H2,(H,25,26)(H4,21,22,23);2-6,12H,1H3,(H2,11,13)/b;5-4-/t17-;/m0./s1. The average molecular weight is 562 g/mol. The van der Waals surface area contributed by atoms with Gasteiger partial charge in [-0.25, -0.2) is 9.59 Å². The minimum atomic E-state index is -1.14. The van der Waals surface area contributed by atoms with Gasteiger partial charge in [0.25, 0.3) is 0 Å². The summed E-state index contributed by atoms with van der Waals surface area (Å²) in [5.74, 6) is -1.70. The van der Waals surface area contributed by atoms with Gasteiger partial charge >= 0.3 is 12.1 Å². The van der Waals surface area contributed by atoms with Crippen LogP contribution in [0.1, 0.15) is 29.5 Å². The summed E-state index contributed by atoms with van der Waals surface area (Å²) < 4.78 is 5.37. The van der Waals surface area contributed by atoms with Crippen LogP contribution in [0.4, 0.5) is 10.5 Å². The third-order valence-corrected chi connectivity index (χ3v) is 5.62. The zero-order valence-electron chi connectivity index (χ0n) is 22.7. The van der Waals surface area contributed by atoms with Crippen LogP contribution in [-0.4, -0.2) is 46.7 Å². The number of benzene rings is 3. The van der Waals surface area contributed by atoms with Crippen LogP contribution in [0.5, 0.6) is 5.75 Å². The van der Waals surface area contributed by atoms with Crippen molar-refractivity contribution in [1.82, 2.24) is 5.32 Å². The Hall–Kier alpha value is -5.32. The lowest BCUT2D eigenvalue weighted by Gasteiger charge is -2.28. The molecule has 0 aliphatic rings. The molecule has 0 spiro atoms. The van der Waals surface area contributed by atoms with E-state index in [1.54, 1.807) is 42.5 Å². The van der Waals surface area contributed by atoms with Crippen LogP contribution in [0.15, 0.2) is 84.9 Å². The molecule has 0 heterocycles. The summed E-state index contributed by atoms with van der Waals surface area (Å²) in [5.41, 5.74) is 12.9. The fraction of sp³-hybridized carbons (Fsp3) is 0.200. The van der Waals surface area contributed by atoms with Crippen LogP contribution in [0, 0.1) is 12.3 Å².